The minimum Gasteiger partial charge on any atom is -0.368 e. The van der Waals surface area contributed by atoms with E-state index in [0.29, 0.717) is 24.5 Å². The van der Waals surface area contributed by atoms with Crippen LogP contribution in [0.2, 0.25) is 0 Å². The number of nitrogens with one attached hydrogen (secondary N) is 3. The normalized spacial score (nSPS) is 12.6. The minimum absolute atomic E-state index is 0.0865. The van der Waals surface area contributed by atoms with E-state index in [2.05, 4.69) is 42.2 Å². The molecule has 174 valence electrons. The predicted molar refractivity (Wildman–Crippen MR) is 118 cm³/mol. The Hall–Kier alpha value is -3.22. The Kier molecular flexibility index (Phi) is 8.93. The van der Waals surface area contributed by atoms with Gasteiger partial charge in [-0.3, -0.25) is 23.9 Å². The van der Waals surface area contributed by atoms with E-state index < -0.39 is 23.8 Å². The maximum atomic E-state index is 12.5. The first-order valence-corrected chi connectivity index (χ1v) is 10.8. The summed E-state index contributed by atoms with van der Waals surface area (Å²) in [5, 5.41) is 15.8. The number of aryl methyl sites for hydroxylation is 1. The van der Waals surface area contributed by atoms with Crippen LogP contribution in [0.25, 0.3) is 0 Å². The Labute approximate surface area is 193 Å². The van der Waals surface area contributed by atoms with Crippen LogP contribution in [0.4, 0.5) is 0 Å². The molecule has 0 fully saturated rings. The fourth-order valence-electron chi connectivity index (χ4n) is 2.97. The molecule has 5 N–H and O–H groups in total. The Bertz CT molecular complexity index is 986. The number of hydrogen-bond donors (Lipinski definition) is 4. The second-order valence-corrected chi connectivity index (χ2v) is 8.19. The summed E-state index contributed by atoms with van der Waals surface area (Å²) < 4.78 is 4.24. The lowest BCUT2D eigenvalue weighted by molar-refractivity contribution is -0.129. The van der Waals surface area contributed by atoms with Crippen molar-refractivity contribution in [2.75, 3.05) is 0 Å². The maximum Gasteiger partial charge on any atom is 0.268 e. The van der Waals surface area contributed by atoms with Gasteiger partial charge in [0.05, 0.1) is 25.7 Å². The molecule has 0 aliphatic rings. The van der Waals surface area contributed by atoms with Gasteiger partial charge in [0.25, 0.3) is 5.91 Å². The topological polar surface area (TPSA) is 166 Å². The summed E-state index contributed by atoms with van der Waals surface area (Å²) >= 11 is 3.38. The molecule has 0 aliphatic carbocycles. The van der Waals surface area contributed by atoms with Gasteiger partial charge in [0.2, 0.25) is 17.7 Å². The van der Waals surface area contributed by atoms with Gasteiger partial charge in [-0.25, -0.2) is 0 Å². The van der Waals surface area contributed by atoms with Gasteiger partial charge in [-0.05, 0) is 35.8 Å². The van der Waals surface area contributed by atoms with Crippen molar-refractivity contribution in [2.24, 2.45) is 5.73 Å². The molecule has 0 aromatic carbocycles. The maximum absolute atomic E-state index is 12.5. The SMILES string of the molecule is CCn1cc(Br)cc1C(=O)N[C@@H](C)Cn1cc(CNC(=O)C[C@H](NC(C)=O)C(N)=O)nn1. The molecule has 2 heterocycles. The number of nitrogens with zero attached hydrogens (tertiary/aromatic N) is 4. The highest BCUT2D eigenvalue weighted by Gasteiger charge is 2.20. The molecule has 2 aromatic rings. The average Bonchev–Trinajstić information content (AvgIpc) is 3.31. The Balaban J connectivity index is 1.84. The van der Waals surface area contributed by atoms with Crippen molar-refractivity contribution in [3.8, 4) is 0 Å². The van der Waals surface area contributed by atoms with E-state index in [0.717, 1.165) is 4.47 Å². The Morgan fingerprint density at radius 3 is 2.56 bits per heavy atom. The summed E-state index contributed by atoms with van der Waals surface area (Å²) in [4.78, 5) is 47.0. The molecular weight excluding hydrogens is 484 g/mol. The summed E-state index contributed by atoms with van der Waals surface area (Å²) in [5.74, 6) is -1.92. The van der Waals surface area contributed by atoms with Crippen LogP contribution in [0.15, 0.2) is 22.9 Å². The number of nitrogens with two attached hydrogens (primary N) is 1. The molecule has 0 spiro atoms. The van der Waals surface area contributed by atoms with E-state index in [-0.39, 0.29) is 24.9 Å². The van der Waals surface area contributed by atoms with Crippen LogP contribution in [-0.4, -0.2) is 55.3 Å². The van der Waals surface area contributed by atoms with E-state index in [1.807, 2.05) is 24.6 Å². The largest absolute Gasteiger partial charge is 0.368 e. The highest BCUT2D eigenvalue weighted by atomic mass is 79.9. The average molecular weight is 511 g/mol. The van der Waals surface area contributed by atoms with Crippen LogP contribution in [-0.2, 0) is 34.0 Å². The molecule has 32 heavy (non-hydrogen) atoms. The highest BCUT2D eigenvalue weighted by molar-refractivity contribution is 9.10. The highest BCUT2D eigenvalue weighted by Crippen LogP contribution is 2.15. The third-order valence-electron chi connectivity index (χ3n) is 4.44. The number of halogens is 1. The standard InChI is InChI=1S/C19H27BrN8O4/c1-4-27-9-13(20)5-16(27)19(32)23-11(2)8-28-10-14(25-26-28)7-22-17(30)6-15(18(21)31)24-12(3)29/h5,9-11,15H,4,6-8H2,1-3H3,(H2,21,31)(H,22,30)(H,23,32)(H,24,29)/t11-,15-/m0/s1. The van der Waals surface area contributed by atoms with Gasteiger partial charge in [-0.15, -0.1) is 5.10 Å². The lowest BCUT2D eigenvalue weighted by Crippen LogP contribution is -2.46. The third-order valence-corrected chi connectivity index (χ3v) is 4.87. The molecule has 0 radical (unpaired) electrons. The van der Waals surface area contributed by atoms with Gasteiger partial charge in [0.1, 0.15) is 17.4 Å². The van der Waals surface area contributed by atoms with Crippen molar-refractivity contribution in [3.05, 3.63) is 34.3 Å². The lowest BCUT2D eigenvalue weighted by Gasteiger charge is -2.14. The third kappa shape index (κ3) is 7.48. The molecule has 2 rings (SSSR count). The summed E-state index contributed by atoms with van der Waals surface area (Å²) in [5.41, 5.74) is 6.24. The van der Waals surface area contributed by atoms with E-state index in [1.165, 1.54) is 6.92 Å². The van der Waals surface area contributed by atoms with Crippen LogP contribution in [0.1, 0.15) is 43.4 Å². The van der Waals surface area contributed by atoms with Crippen molar-refractivity contribution in [1.29, 1.82) is 0 Å². The minimum atomic E-state index is -1.08. The number of carbonyl (C=O) groups is 4. The number of amides is 4. The first-order chi connectivity index (χ1) is 15.1. The second-order valence-electron chi connectivity index (χ2n) is 7.27. The van der Waals surface area contributed by atoms with Crippen LogP contribution >= 0.6 is 15.9 Å². The van der Waals surface area contributed by atoms with Crippen molar-refractivity contribution in [1.82, 2.24) is 35.5 Å². The summed E-state index contributed by atoms with van der Waals surface area (Å²) in [6, 6.07) is 0.456. The molecule has 0 aliphatic heterocycles. The van der Waals surface area contributed by atoms with Crippen molar-refractivity contribution in [3.63, 3.8) is 0 Å². The number of carbonyl (C=O) groups excluding carboxylic acids is 4. The van der Waals surface area contributed by atoms with Gasteiger partial charge in [-0.2, -0.15) is 0 Å². The zero-order valence-corrected chi connectivity index (χ0v) is 19.7. The first kappa shape index (κ1) is 25.0. The van der Waals surface area contributed by atoms with Crippen molar-refractivity contribution < 1.29 is 19.2 Å². The van der Waals surface area contributed by atoms with E-state index >= 15 is 0 Å². The van der Waals surface area contributed by atoms with Crippen molar-refractivity contribution >= 4 is 39.6 Å². The van der Waals surface area contributed by atoms with Gasteiger partial charge in [0, 0.05) is 30.2 Å². The van der Waals surface area contributed by atoms with Crippen LogP contribution in [0, 0.1) is 0 Å². The Morgan fingerprint density at radius 2 is 1.94 bits per heavy atom. The zero-order chi connectivity index (χ0) is 23.8. The molecule has 0 unspecified atom stereocenters. The van der Waals surface area contributed by atoms with Crippen LogP contribution < -0.4 is 21.7 Å². The van der Waals surface area contributed by atoms with Gasteiger partial charge in [0.15, 0.2) is 0 Å². The summed E-state index contributed by atoms with van der Waals surface area (Å²) in [6.07, 6.45) is 3.22. The van der Waals surface area contributed by atoms with Crippen LogP contribution in [0.3, 0.4) is 0 Å². The van der Waals surface area contributed by atoms with Gasteiger partial charge < -0.3 is 26.3 Å². The molecule has 0 saturated heterocycles. The molecule has 0 saturated carbocycles. The Morgan fingerprint density at radius 1 is 1.22 bits per heavy atom. The second kappa shape index (κ2) is 11.4. The van der Waals surface area contributed by atoms with E-state index in [9.17, 15) is 19.2 Å². The fraction of sp³-hybridized carbons (Fsp3) is 0.474. The molecule has 4 amide bonds. The number of primary amides is 1. The first-order valence-electron chi connectivity index (χ1n) is 9.97. The van der Waals surface area contributed by atoms with E-state index in [4.69, 9.17) is 5.73 Å². The quantitative estimate of drug-likeness (QED) is 0.323. The lowest BCUT2D eigenvalue weighted by atomic mass is 10.2. The number of hydrogen-bond acceptors (Lipinski definition) is 6. The molecule has 12 nitrogen and oxygen atoms in total. The molecule has 0 bridgehead atoms. The molecule has 13 heteroatoms. The van der Waals surface area contributed by atoms with E-state index in [1.54, 1.807) is 16.9 Å². The zero-order valence-electron chi connectivity index (χ0n) is 18.1. The summed E-state index contributed by atoms with van der Waals surface area (Å²) in [6.45, 7) is 6.18. The smallest absolute Gasteiger partial charge is 0.268 e. The van der Waals surface area contributed by atoms with Crippen LogP contribution in [0.5, 0.6) is 0 Å². The van der Waals surface area contributed by atoms with Gasteiger partial charge in [-0.1, -0.05) is 5.21 Å². The number of aromatic nitrogens is 4. The number of rotatable bonds is 11. The van der Waals surface area contributed by atoms with Gasteiger partial charge >= 0.3 is 0 Å². The predicted octanol–water partition coefficient (Wildman–Crippen LogP) is -0.323. The summed E-state index contributed by atoms with van der Waals surface area (Å²) in [7, 11) is 0. The monoisotopic (exact) mass is 510 g/mol. The van der Waals surface area contributed by atoms with Crippen molar-refractivity contribution in [2.45, 2.75) is 58.9 Å². The molecule has 2 atom stereocenters. The molecular formula is C19H27BrN8O4. The fourth-order valence-corrected chi connectivity index (χ4v) is 3.44. The molecule has 2 aromatic heterocycles.